The fraction of sp³-hybridized carbons (Fsp3) is 0.417. The van der Waals surface area contributed by atoms with Crippen LogP contribution in [-0.2, 0) is 0 Å². The summed E-state index contributed by atoms with van der Waals surface area (Å²) in [6, 6.07) is 6.22. The maximum absolute atomic E-state index is 5.91. The van der Waals surface area contributed by atoms with E-state index in [0.717, 1.165) is 40.7 Å². The van der Waals surface area contributed by atoms with E-state index in [-0.39, 0.29) is 0 Å². The molecule has 1 heterocycles. The molecule has 84 valence electrons. The molecule has 2 aromatic rings. The van der Waals surface area contributed by atoms with Crippen LogP contribution in [0.15, 0.2) is 27.1 Å². The van der Waals surface area contributed by atoms with Crippen LogP contribution in [-0.4, -0.2) is 11.0 Å². The molecule has 1 aromatic heterocycles. The third kappa shape index (κ3) is 1.66. The number of fused-ring (bicyclic) bond motifs is 1. The van der Waals surface area contributed by atoms with Crippen LogP contribution < -0.4 is 5.73 Å². The molecule has 0 bridgehead atoms. The third-order valence-corrected chi connectivity index (χ3v) is 3.83. The first-order chi connectivity index (χ1) is 7.74. The first-order valence-electron chi connectivity index (χ1n) is 5.54. The fourth-order valence-corrected chi connectivity index (χ4v) is 2.78. The molecule has 4 heteroatoms. The zero-order chi connectivity index (χ0) is 11.1. The summed E-state index contributed by atoms with van der Waals surface area (Å²) in [6.07, 6.45) is 3.15. The molecule has 16 heavy (non-hydrogen) atoms. The van der Waals surface area contributed by atoms with E-state index in [1.54, 1.807) is 0 Å². The van der Waals surface area contributed by atoms with Gasteiger partial charge in [-0.1, -0.05) is 6.07 Å². The average Bonchev–Trinajstić information content (AvgIpc) is 2.84. The molecule has 0 spiro atoms. The molecule has 1 saturated carbocycles. The molecular formula is C12H13BrN2O. The highest BCUT2D eigenvalue weighted by Crippen LogP contribution is 2.35. The number of nitrogens with zero attached hydrogens (tertiary/aromatic N) is 1. The van der Waals surface area contributed by atoms with Crippen molar-refractivity contribution >= 4 is 27.0 Å². The van der Waals surface area contributed by atoms with E-state index in [9.17, 15) is 0 Å². The molecule has 1 aromatic carbocycles. The molecule has 3 rings (SSSR count). The molecule has 1 aliphatic carbocycles. The van der Waals surface area contributed by atoms with Gasteiger partial charge < -0.3 is 10.2 Å². The van der Waals surface area contributed by atoms with Crippen LogP contribution in [0, 0.1) is 0 Å². The highest BCUT2D eigenvalue weighted by atomic mass is 79.9. The SMILES string of the molecule is N[C@H]1CC[C@@H](c2nc3cccc(Br)c3o2)C1. The van der Waals surface area contributed by atoms with Crippen LogP contribution in [0.3, 0.4) is 0 Å². The van der Waals surface area contributed by atoms with E-state index in [4.69, 9.17) is 10.2 Å². The second-order valence-electron chi connectivity index (χ2n) is 4.41. The Bertz CT molecular complexity index is 523. The number of halogens is 1. The lowest BCUT2D eigenvalue weighted by molar-refractivity contribution is 0.470. The quantitative estimate of drug-likeness (QED) is 0.873. The standard InChI is InChI=1S/C12H13BrN2O/c13-9-2-1-3-10-11(9)16-12(15-10)7-4-5-8(14)6-7/h1-3,7-8H,4-6,14H2/t7-,8+/m1/s1. The maximum Gasteiger partial charge on any atom is 0.198 e. The molecule has 1 fully saturated rings. The number of nitrogens with two attached hydrogens (primary N) is 1. The van der Waals surface area contributed by atoms with Gasteiger partial charge in [-0.15, -0.1) is 0 Å². The highest BCUT2D eigenvalue weighted by molar-refractivity contribution is 9.10. The Hall–Kier alpha value is -0.870. The Balaban J connectivity index is 2.02. The number of para-hydroxylation sites is 1. The third-order valence-electron chi connectivity index (χ3n) is 3.21. The molecule has 3 nitrogen and oxygen atoms in total. The Morgan fingerprint density at radius 1 is 1.38 bits per heavy atom. The van der Waals surface area contributed by atoms with Crippen LogP contribution in [0.1, 0.15) is 31.1 Å². The minimum atomic E-state index is 0.309. The van der Waals surface area contributed by atoms with E-state index in [0.29, 0.717) is 12.0 Å². The average molecular weight is 281 g/mol. The Kier molecular flexibility index (Phi) is 2.48. The van der Waals surface area contributed by atoms with Crippen molar-refractivity contribution in [1.82, 2.24) is 4.98 Å². The van der Waals surface area contributed by atoms with Gasteiger partial charge in [-0.25, -0.2) is 4.98 Å². The first-order valence-corrected chi connectivity index (χ1v) is 6.34. The number of oxazole rings is 1. The molecule has 2 N–H and O–H groups in total. The van der Waals surface area contributed by atoms with Gasteiger partial charge in [-0.3, -0.25) is 0 Å². The number of rotatable bonds is 1. The van der Waals surface area contributed by atoms with Crippen molar-refractivity contribution in [3.05, 3.63) is 28.6 Å². The summed E-state index contributed by atoms with van der Waals surface area (Å²) in [4.78, 5) is 4.54. The van der Waals surface area contributed by atoms with Crippen molar-refractivity contribution in [2.24, 2.45) is 5.73 Å². The lowest BCUT2D eigenvalue weighted by Gasteiger charge is -2.02. The second-order valence-corrected chi connectivity index (χ2v) is 5.26. The zero-order valence-corrected chi connectivity index (χ0v) is 10.4. The molecule has 1 aliphatic rings. The molecule has 0 unspecified atom stereocenters. The molecule has 0 radical (unpaired) electrons. The summed E-state index contributed by atoms with van der Waals surface area (Å²) in [5, 5.41) is 0. The van der Waals surface area contributed by atoms with Gasteiger partial charge in [0.05, 0.1) is 4.47 Å². The predicted octanol–water partition coefficient (Wildman–Crippen LogP) is 3.19. The molecule has 0 aliphatic heterocycles. The number of benzene rings is 1. The van der Waals surface area contributed by atoms with Gasteiger partial charge in [0, 0.05) is 12.0 Å². The smallest absolute Gasteiger partial charge is 0.198 e. The topological polar surface area (TPSA) is 52.0 Å². The largest absolute Gasteiger partial charge is 0.439 e. The van der Waals surface area contributed by atoms with Crippen LogP contribution in [0.2, 0.25) is 0 Å². The van der Waals surface area contributed by atoms with Crippen molar-refractivity contribution < 1.29 is 4.42 Å². The highest BCUT2D eigenvalue weighted by Gasteiger charge is 2.27. The summed E-state index contributed by atoms with van der Waals surface area (Å²) in [6.45, 7) is 0. The number of aromatic nitrogens is 1. The van der Waals surface area contributed by atoms with E-state index in [1.165, 1.54) is 0 Å². The summed E-state index contributed by atoms with van der Waals surface area (Å²) >= 11 is 3.47. The van der Waals surface area contributed by atoms with Gasteiger partial charge in [0.1, 0.15) is 5.52 Å². The minimum absolute atomic E-state index is 0.309. The van der Waals surface area contributed by atoms with Gasteiger partial charge in [0.15, 0.2) is 11.5 Å². The Morgan fingerprint density at radius 3 is 2.94 bits per heavy atom. The van der Waals surface area contributed by atoms with Crippen LogP contribution in [0.4, 0.5) is 0 Å². The van der Waals surface area contributed by atoms with Gasteiger partial charge in [-0.2, -0.15) is 0 Å². The molecular weight excluding hydrogens is 268 g/mol. The van der Waals surface area contributed by atoms with Crippen molar-refractivity contribution in [1.29, 1.82) is 0 Å². The van der Waals surface area contributed by atoms with Crippen molar-refractivity contribution in [2.75, 3.05) is 0 Å². The number of hydrogen-bond donors (Lipinski definition) is 1. The normalized spacial score (nSPS) is 25.4. The first kappa shape index (κ1) is 10.3. The molecule has 0 amide bonds. The van der Waals surface area contributed by atoms with E-state index in [2.05, 4.69) is 20.9 Å². The molecule has 2 atom stereocenters. The lowest BCUT2D eigenvalue weighted by atomic mass is 10.1. The lowest BCUT2D eigenvalue weighted by Crippen LogP contribution is -2.14. The van der Waals surface area contributed by atoms with Crippen LogP contribution in [0.5, 0.6) is 0 Å². The van der Waals surface area contributed by atoms with E-state index >= 15 is 0 Å². The van der Waals surface area contributed by atoms with Crippen LogP contribution in [0.25, 0.3) is 11.1 Å². The van der Waals surface area contributed by atoms with Gasteiger partial charge in [-0.05, 0) is 47.3 Å². The maximum atomic E-state index is 5.91. The van der Waals surface area contributed by atoms with Gasteiger partial charge in [0.25, 0.3) is 0 Å². The summed E-state index contributed by atoms with van der Waals surface area (Å²) < 4.78 is 6.78. The minimum Gasteiger partial charge on any atom is -0.439 e. The fourth-order valence-electron chi connectivity index (χ4n) is 2.35. The Labute approximate surface area is 102 Å². The zero-order valence-electron chi connectivity index (χ0n) is 8.82. The van der Waals surface area contributed by atoms with Crippen molar-refractivity contribution in [2.45, 2.75) is 31.2 Å². The van der Waals surface area contributed by atoms with Crippen LogP contribution >= 0.6 is 15.9 Å². The van der Waals surface area contributed by atoms with Crippen molar-refractivity contribution in [3.8, 4) is 0 Å². The Morgan fingerprint density at radius 2 is 2.25 bits per heavy atom. The number of hydrogen-bond acceptors (Lipinski definition) is 3. The van der Waals surface area contributed by atoms with E-state index in [1.807, 2.05) is 18.2 Å². The molecule has 0 saturated heterocycles. The van der Waals surface area contributed by atoms with Crippen molar-refractivity contribution in [3.63, 3.8) is 0 Å². The van der Waals surface area contributed by atoms with Gasteiger partial charge >= 0.3 is 0 Å². The summed E-state index contributed by atoms with van der Waals surface area (Å²) in [7, 11) is 0. The van der Waals surface area contributed by atoms with Gasteiger partial charge in [0.2, 0.25) is 0 Å². The second kappa shape index (κ2) is 3.86. The summed E-state index contributed by atoms with van der Waals surface area (Å²) in [5.74, 6) is 1.24. The summed E-state index contributed by atoms with van der Waals surface area (Å²) in [5.41, 5.74) is 7.67. The monoisotopic (exact) mass is 280 g/mol. The predicted molar refractivity (Wildman–Crippen MR) is 66.3 cm³/mol. The van der Waals surface area contributed by atoms with E-state index < -0.39 is 0 Å².